The van der Waals surface area contributed by atoms with E-state index in [1.165, 1.54) is 12.8 Å². The number of thiophene rings is 1. The molecule has 0 bridgehead atoms. The number of amides is 2. The van der Waals surface area contributed by atoms with Crippen LogP contribution in [0.3, 0.4) is 0 Å². The monoisotopic (exact) mass is 388 g/mol. The van der Waals surface area contributed by atoms with E-state index < -0.39 is 0 Å². The zero-order valence-electron chi connectivity index (χ0n) is 15.3. The van der Waals surface area contributed by atoms with E-state index in [1.807, 2.05) is 26.6 Å². The van der Waals surface area contributed by atoms with Gasteiger partial charge in [0.1, 0.15) is 0 Å². The molecule has 2 amide bonds. The molecular weight excluding hydrogens is 364 g/mol. The Balaban J connectivity index is 1.23. The summed E-state index contributed by atoms with van der Waals surface area (Å²) in [5.74, 6) is 1.56. The molecule has 2 aromatic rings. The molecular formula is C19H24N4O3S. The van der Waals surface area contributed by atoms with E-state index in [-0.39, 0.29) is 17.7 Å². The summed E-state index contributed by atoms with van der Waals surface area (Å²) >= 11 is 1.57. The molecule has 1 aliphatic carbocycles. The van der Waals surface area contributed by atoms with Crippen molar-refractivity contribution in [2.75, 3.05) is 26.2 Å². The predicted molar refractivity (Wildman–Crippen MR) is 101 cm³/mol. The van der Waals surface area contributed by atoms with Crippen LogP contribution < -0.4 is 0 Å². The van der Waals surface area contributed by atoms with Crippen LogP contribution in [-0.2, 0) is 16.0 Å². The van der Waals surface area contributed by atoms with Crippen LogP contribution >= 0.6 is 11.3 Å². The number of aromatic nitrogens is 2. The molecule has 0 spiro atoms. The molecule has 0 N–H and O–H groups in total. The molecule has 2 aromatic heterocycles. The Labute approximate surface area is 162 Å². The number of aryl methyl sites for hydroxylation is 1. The van der Waals surface area contributed by atoms with Gasteiger partial charge in [-0.05, 0) is 24.3 Å². The van der Waals surface area contributed by atoms with Crippen molar-refractivity contribution in [3.05, 3.63) is 22.7 Å². The maximum Gasteiger partial charge on any atom is 0.248 e. The third-order valence-corrected chi connectivity index (χ3v) is 6.12. The Bertz CT molecular complexity index is 775. The smallest absolute Gasteiger partial charge is 0.248 e. The minimum atomic E-state index is 0.0817. The highest BCUT2D eigenvalue weighted by molar-refractivity contribution is 7.08. The van der Waals surface area contributed by atoms with Crippen LogP contribution in [0.2, 0.25) is 0 Å². The average Bonchev–Trinajstić information content (AvgIpc) is 3.47. The maximum absolute atomic E-state index is 12.5. The van der Waals surface area contributed by atoms with Gasteiger partial charge in [0, 0.05) is 55.9 Å². The molecule has 3 heterocycles. The molecule has 144 valence electrons. The van der Waals surface area contributed by atoms with Crippen molar-refractivity contribution in [1.29, 1.82) is 0 Å². The molecule has 2 fully saturated rings. The fourth-order valence-electron chi connectivity index (χ4n) is 3.84. The molecule has 27 heavy (non-hydrogen) atoms. The Kier molecular flexibility index (Phi) is 5.52. The summed E-state index contributed by atoms with van der Waals surface area (Å²) in [4.78, 5) is 28.7. The molecule has 0 atom stereocenters. The zero-order valence-corrected chi connectivity index (χ0v) is 16.1. The fraction of sp³-hybridized carbons (Fsp3) is 0.579. The van der Waals surface area contributed by atoms with Crippen LogP contribution in [0.1, 0.15) is 38.0 Å². The first-order valence-electron chi connectivity index (χ1n) is 9.62. The van der Waals surface area contributed by atoms with E-state index in [9.17, 15) is 9.59 Å². The van der Waals surface area contributed by atoms with E-state index >= 15 is 0 Å². The number of carbonyl (C=O) groups is 2. The standard InChI is InChI=1S/C19H24N4O3S/c24-17(6-5-16-20-21-18(26-16)15-7-12-27-13-15)22-8-10-23(11-9-22)19(25)14-3-1-2-4-14/h7,12-14H,1-6,8-11H2. The SMILES string of the molecule is O=C(CCc1nnc(-c2ccsc2)o1)N1CCN(C(=O)C2CCCC2)CC1. The van der Waals surface area contributed by atoms with Crippen LogP contribution in [-0.4, -0.2) is 58.0 Å². The molecule has 0 unspecified atom stereocenters. The van der Waals surface area contributed by atoms with Gasteiger partial charge in [-0.1, -0.05) is 12.8 Å². The molecule has 0 radical (unpaired) electrons. The van der Waals surface area contributed by atoms with E-state index in [2.05, 4.69) is 10.2 Å². The Morgan fingerprint density at radius 2 is 1.85 bits per heavy atom. The van der Waals surface area contributed by atoms with Crippen LogP contribution in [0.5, 0.6) is 0 Å². The lowest BCUT2D eigenvalue weighted by atomic mass is 10.1. The van der Waals surface area contributed by atoms with Crippen LogP contribution in [0.25, 0.3) is 11.5 Å². The van der Waals surface area contributed by atoms with Gasteiger partial charge in [0.05, 0.1) is 0 Å². The van der Waals surface area contributed by atoms with E-state index in [0.717, 1.165) is 18.4 Å². The molecule has 7 nitrogen and oxygen atoms in total. The number of carbonyl (C=O) groups excluding carboxylic acids is 2. The second kappa shape index (κ2) is 8.21. The van der Waals surface area contributed by atoms with Crippen molar-refractivity contribution in [2.24, 2.45) is 5.92 Å². The lowest BCUT2D eigenvalue weighted by molar-refractivity contribution is -0.142. The molecule has 1 saturated heterocycles. The topological polar surface area (TPSA) is 79.5 Å². The number of rotatable bonds is 5. The van der Waals surface area contributed by atoms with E-state index in [0.29, 0.717) is 50.8 Å². The van der Waals surface area contributed by atoms with Crippen LogP contribution in [0, 0.1) is 5.92 Å². The highest BCUT2D eigenvalue weighted by Gasteiger charge is 2.30. The van der Waals surface area contributed by atoms with Crippen molar-refractivity contribution >= 4 is 23.2 Å². The summed E-state index contributed by atoms with van der Waals surface area (Å²) in [5, 5.41) is 12.0. The lowest BCUT2D eigenvalue weighted by Crippen LogP contribution is -2.51. The largest absolute Gasteiger partial charge is 0.421 e. The van der Waals surface area contributed by atoms with Gasteiger partial charge in [-0.15, -0.1) is 10.2 Å². The number of piperazine rings is 1. The summed E-state index contributed by atoms with van der Waals surface area (Å²) in [5.41, 5.74) is 0.910. The first kappa shape index (κ1) is 18.2. The summed E-state index contributed by atoms with van der Waals surface area (Å²) < 4.78 is 5.63. The van der Waals surface area contributed by atoms with Gasteiger partial charge in [-0.3, -0.25) is 9.59 Å². The fourth-order valence-corrected chi connectivity index (χ4v) is 4.47. The summed E-state index contributed by atoms with van der Waals surface area (Å²) in [6, 6.07) is 1.93. The van der Waals surface area contributed by atoms with Gasteiger partial charge in [-0.2, -0.15) is 11.3 Å². The Morgan fingerprint density at radius 1 is 1.11 bits per heavy atom. The van der Waals surface area contributed by atoms with Gasteiger partial charge >= 0.3 is 0 Å². The summed E-state index contributed by atoms with van der Waals surface area (Å²) in [6.45, 7) is 2.51. The minimum absolute atomic E-state index is 0.0817. The lowest BCUT2D eigenvalue weighted by Gasteiger charge is -2.36. The molecule has 1 saturated carbocycles. The summed E-state index contributed by atoms with van der Waals surface area (Å²) in [7, 11) is 0. The second-order valence-electron chi connectivity index (χ2n) is 7.20. The molecule has 4 rings (SSSR count). The second-order valence-corrected chi connectivity index (χ2v) is 7.98. The van der Waals surface area contributed by atoms with E-state index in [4.69, 9.17) is 4.42 Å². The van der Waals surface area contributed by atoms with Gasteiger partial charge < -0.3 is 14.2 Å². The van der Waals surface area contributed by atoms with Gasteiger partial charge in [-0.25, -0.2) is 0 Å². The van der Waals surface area contributed by atoms with Crippen molar-refractivity contribution in [2.45, 2.75) is 38.5 Å². The number of nitrogens with zero attached hydrogens (tertiary/aromatic N) is 4. The quantitative estimate of drug-likeness (QED) is 0.787. The molecule has 8 heteroatoms. The summed E-state index contributed by atoms with van der Waals surface area (Å²) in [6.07, 6.45) is 5.17. The first-order chi connectivity index (χ1) is 13.2. The third-order valence-electron chi connectivity index (χ3n) is 5.44. The zero-order chi connectivity index (χ0) is 18.6. The van der Waals surface area contributed by atoms with Crippen molar-refractivity contribution in [1.82, 2.24) is 20.0 Å². The van der Waals surface area contributed by atoms with Crippen LogP contribution in [0.15, 0.2) is 21.2 Å². The van der Waals surface area contributed by atoms with Crippen molar-refractivity contribution in [3.8, 4) is 11.5 Å². The van der Waals surface area contributed by atoms with E-state index in [1.54, 1.807) is 11.3 Å². The minimum Gasteiger partial charge on any atom is -0.421 e. The van der Waals surface area contributed by atoms with Gasteiger partial charge in [0.15, 0.2) is 0 Å². The first-order valence-corrected chi connectivity index (χ1v) is 10.6. The average molecular weight is 388 g/mol. The maximum atomic E-state index is 12.5. The van der Waals surface area contributed by atoms with Gasteiger partial charge in [0.25, 0.3) is 0 Å². The molecule has 2 aliphatic rings. The number of hydrogen-bond acceptors (Lipinski definition) is 6. The predicted octanol–water partition coefficient (Wildman–Crippen LogP) is 2.59. The van der Waals surface area contributed by atoms with Crippen molar-refractivity contribution < 1.29 is 14.0 Å². The van der Waals surface area contributed by atoms with Gasteiger partial charge in [0.2, 0.25) is 23.6 Å². The third kappa shape index (κ3) is 4.21. The number of hydrogen-bond donors (Lipinski definition) is 0. The molecule has 0 aromatic carbocycles. The highest BCUT2D eigenvalue weighted by atomic mass is 32.1. The Hall–Kier alpha value is -2.22. The Morgan fingerprint density at radius 3 is 2.56 bits per heavy atom. The normalized spacial score (nSPS) is 18.2. The highest BCUT2D eigenvalue weighted by Crippen LogP contribution is 2.27. The van der Waals surface area contributed by atoms with Crippen LogP contribution in [0.4, 0.5) is 0 Å². The molecule has 1 aliphatic heterocycles. The van der Waals surface area contributed by atoms with Crippen molar-refractivity contribution in [3.63, 3.8) is 0 Å².